The van der Waals surface area contributed by atoms with Crippen LogP contribution in [0.15, 0.2) is 46.9 Å². The summed E-state index contributed by atoms with van der Waals surface area (Å²) in [6, 6.07) is 12.1. The van der Waals surface area contributed by atoms with E-state index in [9.17, 15) is 9.59 Å². The van der Waals surface area contributed by atoms with Gasteiger partial charge in [-0.05, 0) is 53.2 Å². The number of hydrogen-bond donors (Lipinski definition) is 1. The molecule has 0 radical (unpaired) electrons. The van der Waals surface area contributed by atoms with Crippen molar-refractivity contribution in [1.29, 1.82) is 0 Å². The van der Waals surface area contributed by atoms with Gasteiger partial charge in [0.1, 0.15) is 5.75 Å². The molecule has 0 saturated heterocycles. The fourth-order valence-corrected chi connectivity index (χ4v) is 3.57. The Morgan fingerprint density at radius 2 is 2.12 bits per heavy atom. The van der Waals surface area contributed by atoms with Gasteiger partial charge in [0.05, 0.1) is 15.8 Å². The molecule has 0 aromatic heterocycles. The highest BCUT2D eigenvalue weighted by Crippen LogP contribution is 2.32. The van der Waals surface area contributed by atoms with E-state index >= 15 is 0 Å². The highest BCUT2D eigenvalue weighted by molar-refractivity contribution is 9.10. The number of rotatable bonds is 3. The van der Waals surface area contributed by atoms with Crippen molar-refractivity contribution in [2.45, 2.75) is 19.4 Å². The third-order valence-corrected chi connectivity index (χ3v) is 4.73. The molecule has 2 aromatic rings. The number of carbonyl (C=O) groups excluding carboxylic acids is 2. The topological polar surface area (TPSA) is 58.6 Å². The van der Waals surface area contributed by atoms with Gasteiger partial charge in [0, 0.05) is 17.5 Å². The van der Waals surface area contributed by atoms with E-state index in [1.165, 1.54) is 0 Å². The van der Waals surface area contributed by atoms with Gasteiger partial charge in [-0.15, -0.1) is 0 Å². The average molecular weight is 424 g/mol. The summed E-state index contributed by atoms with van der Waals surface area (Å²) in [5, 5.41) is 3.41. The Bertz CT molecular complexity index is 828. The van der Waals surface area contributed by atoms with Crippen LogP contribution in [0.1, 0.15) is 13.3 Å². The maximum absolute atomic E-state index is 12.8. The number of nitrogens with one attached hydrogen (secondary N) is 1. The molecule has 1 atom stereocenters. The smallest absolute Gasteiger partial charge is 0.265 e. The van der Waals surface area contributed by atoms with Crippen molar-refractivity contribution in [3.63, 3.8) is 0 Å². The maximum atomic E-state index is 12.8. The van der Waals surface area contributed by atoms with Crippen molar-refractivity contribution in [3.05, 3.63) is 52.0 Å². The Labute approximate surface area is 159 Å². The molecule has 0 aliphatic carbocycles. The average Bonchev–Trinajstić information content (AvgIpc) is 2.68. The van der Waals surface area contributed by atoms with E-state index in [0.717, 1.165) is 0 Å². The van der Waals surface area contributed by atoms with Crippen LogP contribution in [0.4, 0.5) is 11.4 Å². The monoisotopic (exact) mass is 422 g/mol. The zero-order valence-corrected chi connectivity index (χ0v) is 15.8. The van der Waals surface area contributed by atoms with Gasteiger partial charge in [0.15, 0.2) is 6.61 Å². The largest absolute Gasteiger partial charge is 0.483 e. The molecule has 1 N–H and O–H groups in total. The van der Waals surface area contributed by atoms with Crippen molar-refractivity contribution in [3.8, 4) is 5.75 Å². The Kier molecular flexibility index (Phi) is 5.30. The summed E-state index contributed by atoms with van der Waals surface area (Å²) in [6.07, 6.45) is 0.227. The van der Waals surface area contributed by atoms with Gasteiger partial charge in [-0.1, -0.05) is 23.7 Å². The molecular formula is C18H16BrClN2O3. The number of nitrogens with zero attached hydrogens (tertiary/aromatic N) is 1. The van der Waals surface area contributed by atoms with Gasteiger partial charge in [0.25, 0.3) is 5.91 Å². The minimum atomic E-state index is -0.270. The molecule has 2 amide bonds. The predicted octanol–water partition coefficient (Wildman–Crippen LogP) is 4.25. The quantitative estimate of drug-likeness (QED) is 0.803. The zero-order valence-electron chi connectivity index (χ0n) is 13.5. The number of anilines is 2. The number of halogens is 2. The number of amides is 2. The second-order valence-electron chi connectivity index (χ2n) is 5.75. The number of hydrogen-bond acceptors (Lipinski definition) is 3. The second kappa shape index (κ2) is 7.45. The standard InChI is InChI=1S/C18H16BrClN2O3/c1-11-8-17(23)21-14-4-2-3-5-15(14)22(11)18(24)10-25-16-7-6-12(20)9-13(16)19/h2-7,9,11H,8,10H2,1H3,(H,21,23). The van der Waals surface area contributed by atoms with Crippen LogP contribution in [0, 0.1) is 0 Å². The molecule has 3 rings (SSSR count). The highest BCUT2D eigenvalue weighted by Gasteiger charge is 2.29. The summed E-state index contributed by atoms with van der Waals surface area (Å²) in [5.74, 6) is 0.192. The van der Waals surface area contributed by atoms with Gasteiger partial charge in [-0.25, -0.2) is 0 Å². The summed E-state index contributed by atoms with van der Waals surface area (Å²) < 4.78 is 6.31. The van der Waals surface area contributed by atoms with Gasteiger partial charge in [0.2, 0.25) is 5.91 Å². The summed E-state index contributed by atoms with van der Waals surface area (Å²) >= 11 is 9.27. The van der Waals surface area contributed by atoms with Crippen molar-refractivity contribution in [2.75, 3.05) is 16.8 Å². The molecule has 1 heterocycles. The molecule has 1 unspecified atom stereocenters. The lowest BCUT2D eigenvalue weighted by Crippen LogP contribution is -2.41. The molecule has 0 fully saturated rings. The van der Waals surface area contributed by atoms with E-state index in [1.54, 1.807) is 29.2 Å². The fourth-order valence-electron chi connectivity index (χ4n) is 2.77. The molecule has 1 aliphatic rings. The second-order valence-corrected chi connectivity index (χ2v) is 7.04. The van der Waals surface area contributed by atoms with Crippen molar-refractivity contribution in [1.82, 2.24) is 0 Å². The van der Waals surface area contributed by atoms with Gasteiger partial charge in [-0.3, -0.25) is 9.59 Å². The van der Waals surface area contributed by atoms with E-state index in [0.29, 0.717) is 26.6 Å². The number of carbonyl (C=O) groups is 2. The Hall–Kier alpha value is -2.05. The van der Waals surface area contributed by atoms with Gasteiger partial charge >= 0.3 is 0 Å². The highest BCUT2D eigenvalue weighted by atomic mass is 79.9. The third kappa shape index (κ3) is 3.96. The van der Waals surface area contributed by atoms with E-state index in [1.807, 2.05) is 25.1 Å². The Morgan fingerprint density at radius 3 is 2.88 bits per heavy atom. The third-order valence-electron chi connectivity index (χ3n) is 3.87. The predicted molar refractivity (Wildman–Crippen MR) is 101 cm³/mol. The molecule has 0 saturated carbocycles. The van der Waals surface area contributed by atoms with Crippen LogP contribution in [-0.2, 0) is 9.59 Å². The first-order valence-corrected chi connectivity index (χ1v) is 8.91. The van der Waals surface area contributed by atoms with Gasteiger partial charge < -0.3 is 15.0 Å². The van der Waals surface area contributed by atoms with Crippen molar-refractivity contribution < 1.29 is 14.3 Å². The zero-order chi connectivity index (χ0) is 18.0. The van der Waals surface area contributed by atoms with Crippen LogP contribution in [-0.4, -0.2) is 24.5 Å². The fraction of sp³-hybridized carbons (Fsp3) is 0.222. The number of fused-ring (bicyclic) bond motifs is 1. The number of ether oxygens (including phenoxy) is 1. The summed E-state index contributed by atoms with van der Waals surface area (Å²) in [5.41, 5.74) is 1.29. The SMILES string of the molecule is CC1CC(=O)Nc2ccccc2N1C(=O)COc1ccc(Cl)cc1Br. The molecule has 2 aromatic carbocycles. The van der Waals surface area contributed by atoms with E-state index in [-0.39, 0.29) is 30.9 Å². The van der Waals surface area contributed by atoms with Crippen molar-refractivity contribution >= 4 is 50.7 Å². The van der Waals surface area contributed by atoms with Crippen LogP contribution in [0.25, 0.3) is 0 Å². The lowest BCUT2D eigenvalue weighted by atomic mass is 10.1. The van der Waals surface area contributed by atoms with Crippen LogP contribution in [0.5, 0.6) is 5.75 Å². The number of benzene rings is 2. The summed E-state index contributed by atoms with van der Waals surface area (Å²) in [7, 11) is 0. The van der Waals surface area contributed by atoms with E-state index in [4.69, 9.17) is 16.3 Å². The first kappa shape index (κ1) is 17.8. The van der Waals surface area contributed by atoms with E-state index in [2.05, 4.69) is 21.2 Å². The van der Waals surface area contributed by atoms with Crippen LogP contribution < -0.4 is 15.0 Å². The first-order chi connectivity index (χ1) is 12.0. The lowest BCUT2D eigenvalue weighted by Gasteiger charge is -2.27. The molecule has 1 aliphatic heterocycles. The molecule has 0 bridgehead atoms. The molecule has 130 valence electrons. The minimum absolute atomic E-state index is 0.114. The van der Waals surface area contributed by atoms with Crippen LogP contribution in [0.2, 0.25) is 5.02 Å². The van der Waals surface area contributed by atoms with E-state index < -0.39 is 0 Å². The minimum Gasteiger partial charge on any atom is -0.483 e. The summed E-state index contributed by atoms with van der Waals surface area (Å²) in [6.45, 7) is 1.70. The molecule has 25 heavy (non-hydrogen) atoms. The lowest BCUT2D eigenvalue weighted by molar-refractivity contribution is -0.121. The van der Waals surface area contributed by atoms with Crippen LogP contribution >= 0.6 is 27.5 Å². The summed E-state index contributed by atoms with van der Waals surface area (Å²) in [4.78, 5) is 26.4. The normalized spacial score (nSPS) is 16.7. The molecule has 7 heteroatoms. The number of para-hydroxylation sites is 2. The molecular weight excluding hydrogens is 408 g/mol. The first-order valence-electron chi connectivity index (χ1n) is 7.74. The van der Waals surface area contributed by atoms with Gasteiger partial charge in [-0.2, -0.15) is 0 Å². The Morgan fingerprint density at radius 1 is 1.36 bits per heavy atom. The van der Waals surface area contributed by atoms with Crippen molar-refractivity contribution in [2.24, 2.45) is 0 Å². The Balaban J connectivity index is 1.81. The maximum Gasteiger partial charge on any atom is 0.265 e. The van der Waals surface area contributed by atoms with Crippen LogP contribution in [0.3, 0.4) is 0 Å². The molecule has 0 spiro atoms. The molecule has 5 nitrogen and oxygen atoms in total.